The van der Waals surface area contributed by atoms with Crippen molar-refractivity contribution in [2.45, 2.75) is 39.7 Å². The number of aromatic nitrogens is 2. The molecule has 0 atom stereocenters. The molecular weight excluding hydrogens is 388 g/mol. The SMILES string of the molecule is CCOC(=O)c1c(O)c(C(C)(C)C)nn(Cc2ccccc2Br)c1=O. The van der Waals surface area contributed by atoms with Crippen molar-refractivity contribution in [2.24, 2.45) is 0 Å². The third-order valence-corrected chi connectivity index (χ3v) is 4.37. The van der Waals surface area contributed by atoms with Crippen LogP contribution in [-0.2, 0) is 16.7 Å². The summed E-state index contributed by atoms with van der Waals surface area (Å²) in [7, 11) is 0. The largest absolute Gasteiger partial charge is 0.505 e. The number of aromatic hydroxyl groups is 1. The van der Waals surface area contributed by atoms with Gasteiger partial charge in [0.1, 0.15) is 5.69 Å². The van der Waals surface area contributed by atoms with Crippen LogP contribution in [0.4, 0.5) is 0 Å². The second-order valence-electron chi connectivity index (χ2n) is 6.60. The molecule has 0 aliphatic rings. The van der Waals surface area contributed by atoms with Crippen LogP contribution in [0.2, 0.25) is 0 Å². The maximum absolute atomic E-state index is 12.7. The third-order valence-electron chi connectivity index (χ3n) is 3.60. The number of halogens is 1. The first kappa shape index (κ1) is 19.2. The Hall–Kier alpha value is -2.15. The summed E-state index contributed by atoms with van der Waals surface area (Å²) in [5.41, 5.74) is -0.525. The Morgan fingerprint density at radius 1 is 1.32 bits per heavy atom. The number of carbonyl (C=O) groups excluding carboxylic acids is 1. The Kier molecular flexibility index (Phi) is 5.67. The van der Waals surface area contributed by atoms with Crippen LogP contribution < -0.4 is 5.56 Å². The van der Waals surface area contributed by atoms with E-state index in [2.05, 4.69) is 21.0 Å². The maximum Gasteiger partial charge on any atom is 0.347 e. The van der Waals surface area contributed by atoms with E-state index in [1.807, 2.05) is 45.0 Å². The number of ether oxygens (including phenoxy) is 1. The van der Waals surface area contributed by atoms with Crippen LogP contribution in [0.15, 0.2) is 33.5 Å². The minimum absolute atomic E-state index is 0.106. The van der Waals surface area contributed by atoms with Gasteiger partial charge in [0.2, 0.25) is 0 Å². The first-order valence-corrected chi connectivity index (χ1v) is 8.71. The fourth-order valence-electron chi connectivity index (χ4n) is 2.35. The molecule has 0 saturated carbocycles. The molecule has 0 aliphatic carbocycles. The molecule has 25 heavy (non-hydrogen) atoms. The van der Waals surface area contributed by atoms with Gasteiger partial charge in [-0.15, -0.1) is 0 Å². The van der Waals surface area contributed by atoms with E-state index >= 15 is 0 Å². The highest BCUT2D eigenvalue weighted by Gasteiger charge is 2.29. The Labute approximate surface area is 154 Å². The second kappa shape index (κ2) is 7.39. The van der Waals surface area contributed by atoms with Gasteiger partial charge in [-0.2, -0.15) is 5.10 Å². The van der Waals surface area contributed by atoms with Crippen LogP contribution in [0.5, 0.6) is 5.75 Å². The predicted molar refractivity (Wildman–Crippen MR) is 98.1 cm³/mol. The summed E-state index contributed by atoms with van der Waals surface area (Å²) in [6, 6.07) is 7.43. The Morgan fingerprint density at radius 3 is 2.52 bits per heavy atom. The molecule has 1 aromatic carbocycles. The van der Waals surface area contributed by atoms with Crippen LogP contribution in [0.25, 0.3) is 0 Å². The van der Waals surface area contributed by atoms with Crippen LogP contribution in [0.3, 0.4) is 0 Å². The molecule has 0 fully saturated rings. The molecule has 0 amide bonds. The fourth-order valence-corrected chi connectivity index (χ4v) is 2.76. The molecule has 6 nitrogen and oxygen atoms in total. The summed E-state index contributed by atoms with van der Waals surface area (Å²) in [6.45, 7) is 7.44. The van der Waals surface area contributed by atoms with E-state index in [4.69, 9.17) is 4.74 Å². The molecule has 2 rings (SSSR count). The second-order valence-corrected chi connectivity index (χ2v) is 7.45. The van der Waals surface area contributed by atoms with Gasteiger partial charge in [-0.05, 0) is 18.6 Å². The molecule has 0 unspecified atom stereocenters. The smallest absolute Gasteiger partial charge is 0.347 e. The monoisotopic (exact) mass is 408 g/mol. The summed E-state index contributed by atoms with van der Waals surface area (Å²) >= 11 is 3.44. The lowest BCUT2D eigenvalue weighted by Gasteiger charge is -2.21. The van der Waals surface area contributed by atoms with E-state index in [0.717, 1.165) is 10.0 Å². The summed E-state index contributed by atoms with van der Waals surface area (Å²) in [5, 5.41) is 14.8. The highest BCUT2D eigenvalue weighted by atomic mass is 79.9. The van der Waals surface area contributed by atoms with Crippen molar-refractivity contribution in [1.82, 2.24) is 9.78 Å². The van der Waals surface area contributed by atoms with Gasteiger partial charge < -0.3 is 9.84 Å². The van der Waals surface area contributed by atoms with E-state index in [0.29, 0.717) is 0 Å². The van der Waals surface area contributed by atoms with Gasteiger partial charge >= 0.3 is 5.97 Å². The topological polar surface area (TPSA) is 81.4 Å². The molecule has 0 spiro atoms. The van der Waals surface area contributed by atoms with Gasteiger partial charge in [0.25, 0.3) is 5.56 Å². The number of rotatable bonds is 4. The number of benzene rings is 1. The minimum Gasteiger partial charge on any atom is -0.505 e. The third kappa shape index (κ3) is 4.10. The average molecular weight is 409 g/mol. The summed E-state index contributed by atoms with van der Waals surface area (Å²) in [6.07, 6.45) is 0. The number of esters is 1. The van der Waals surface area contributed by atoms with Crippen molar-refractivity contribution in [2.75, 3.05) is 6.61 Å². The van der Waals surface area contributed by atoms with E-state index in [-0.39, 0.29) is 24.4 Å². The first-order chi connectivity index (χ1) is 11.7. The Balaban J connectivity index is 2.68. The van der Waals surface area contributed by atoms with Crippen LogP contribution in [0, 0.1) is 0 Å². The standard InChI is InChI=1S/C18H21BrN2O4/c1-5-25-17(24)13-14(22)15(18(2,3)4)20-21(16(13)23)10-11-8-6-7-9-12(11)19/h6-9,22H,5,10H2,1-4H3. The normalized spacial score (nSPS) is 11.4. The zero-order valence-corrected chi connectivity index (χ0v) is 16.3. The number of carbonyl (C=O) groups is 1. The Morgan fingerprint density at radius 2 is 1.96 bits per heavy atom. The van der Waals surface area contributed by atoms with Gasteiger partial charge in [-0.1, -0.05) is 54.9 Å². The van der Waals surface area contributed by atoms with Crippen LogP contribution >= 0.6 is 15.9 Å². The molecule has 0 aliphatic heterocycles. The van der Waals surface area contributed by atoms with Crippen molar-refractivity contribution < 1.29 is 14.6 Å². The molecule has 1 aromatic heterocycles. The van der Waals surface area contributed by atoms with Gasteiger partial charge in [0, 0.05) is 9.89 Å². The van der Waals surface area contributed by atoms with Crippen molar-refractivity contribution >= 4 is 21.9 Å². The van der Waals surface area contributed by atoms with Crippen LogP contribution in [-0.4, -0.2) is 27.5 Å². The molecule has 1 N–H and O–H groups in total. The summed E-state index contributed by atoms with van der Waals surface area (Å²) in [5.74, 6) is -1.27. The number of nitrogens with zero attached hydrogens (tertiary/aromatic N) is 2. The highest BCUT2D eigenvalue weighted by Crippen LogP contribution is 2.30. The van der Waals surface area contributed by atoms with E-state index in [1.54, 1.807) is 6.92 Å². The van der Waals surface area contributed by atoms with Gasteiger partial charge in [-0.25, -0.2) is 9.48 Å². The Bertz CT molecular complexity index is 853. The summed E-state index contributed by atoms with van der Waals surface area (Å²) < 4.78 is 6.95. The fraction of sp³-hybridized carbons (Fsp3) is 0.389. The average Bonchev–Trinajstić information content (AvgIpc) is 2.51. The molecule has 0 bridgehead atoms. The molecule has 0 saturated heterocycles. The minimum atomic E-state index is -0.848. The predicted octanol–water partition coefficient (Wildman–Crippen LogP) is 3.23. The van der Waals surface area contributed by atoms with Crippen molar-refractivity contribution in [1.29, 1.82) is 0 Å². The van der Waals surface area contributed by atoms with Crippen molar-refractivity contribution in [3.63, 3.8) is 0 Å². The lowest BCUT2D eigenvalue weighted by atomic mass is 9.90. The molecule has 1 heterocycles. The van der Waals surface area contributed by atoms with E-state index in [1.165, 1.54) is 4.68 Å². The maximum atomic E-state index is 12.7. The van der Waals surface area contributed by atoms with Gasteiger partial charge in [0.15, 0.2) is 11.3 Å². The number of hydrogen-bond acceptors (Lipinski definition) is 5. The zero-order valence-electron chi connectivity index (χ0n) is 14.7. The lowest BCUT2D eigenvalue weighted by molar-refractivity contribution is 0.0519. The van der Waals surface area contributed by atoms with E-state index < -0.39 is 22.7 Å². The molecule has 2 aromatic rings. The molecule has 0 radical (unpaired) electrons. The molecule has 134 valence electrons. The first-order valence-electron chi connectivity index (χ1n) is 7.92. The van der Waals surface area contributed by atoms with Gasteiger partial charge in [0.05, 0.1) is 13.2 Å². The quantitative estimate of drug-likeness (QED) is 0.785. The van der Waals surface area contributed by atoms with Gasteiger partial charge in [-0.3, -0.25) is 4.79 Å². The lowest BCUT2D eigenvalue weighted by Crippen LogP contribution is -2.33. The summed E-state index contributed by atoms with van der Waals surface area (Å²) in [4.78, 5) is 24.9. The van der Waals surface area contributed by atoms with E-state index in [9.17, 15) is 14.7 Å². The van der Waals surface area contributed by atoms with Crippen LogP contribution in [0.1, 0.15) is 49.3 Å². The molecular formula is C18H21BrN2O4. The molecule has 7 heteroatoms. The zero-order chi connectivity index (χ0) is 18.8. The number of hydrogen-bond donors (Lipinski definition) is 1. The van der Waals surface area contributed by atoms with Crippen molar-refractivity contribution in [3.05, 3.63) is 55.9 Å². The van der Waals surface area contributed by atoms with Crippen molar-refractivity contribution in [3.8, 4) is 5.75 Å². The highest BCUT2D eigenvalue weighted by molar-refractivity contribution is 9.10.